The van der Waals surface area contributed by atoms with Gasteiger partial charge in [0, 0.05) is 30.9 Å². The van der Waals surface area contributed by atoms with Gasteiger partial charge in [0.25, 0.3) is 11.8 Å². The van der Waals surface area contributed by atoms with E-state index in [2.05, 4.69) is 25.5 Å². The Labute approximate surface area is 272 Å². The first-order valence-electron chi connectivity index (χ1n) is 15.7. The number of anilines is 2. The molecule has 46 heavy (non-hydrogen) atoms. The van der Waals surface area contributed by atoms with Gasteiger partial charge in [0.2, 0.25) is 0 Å². The van der Waals surface area contributed by atoms with E-state index in [1.165, 1.54) is 11.3 Å². The molecule has 0 spiro atoms. The lowest BCUT2D eigenvalue weighted by atomic mass is 10.1. The van der Waals surface area contributed by atoms with E-state index in [9.17, 15) is 14.4 Å². The number of aromatic nitrogens is 2. The summed E-state index contributed by atoms with van der Waals surface area (Å²) in [5.41, 5.74) is 2.10. The molecule has 242 valence electrons. The number of carbonyl (C=O) groups is 3. The molecular formula is C34H40N6O5S. The molecule has 2 aromatic carbocycles. The quantitative estimate of drug-likeness (QED) is 0.257. The molecule has 2 aliphatic rings. The molecule has 2 fully saturated rings. The molecule has 11 nitrogen and oxygen atoms in total. The molecule has 4 heterocycles. The van der Waals surface area contributed by atoms with Crippen LogP contribution in [0.5, 0.6) is 0 Å². The number of hydrogen-bond donors (Lipinski definition) is 2. The Morgan fingerprint density at radius 3 is 2.33 bits per heavy atom. The minimum atomic E-state index is -0.768. The molecule has 0 radical (unpaired) electrons. The zero-order valence-corrected chi connectivity index (χ0v) is 27.3. The molecule has 2 N–H and O–H groups in total. The van der Waals surface area contributed by atoms with Gasteiger partial charge in [-0.1, -0.05) is 30.3 Å². The highest BCUT2D eigenvalue weighted by Crippen LogP contribution is 2.33. The minimum Gasteiger partial charge on any atom is -0.442 e. The van der Waals surface area contributed by atoms with Crippen molar-refractivity contribution in [2.75, 3.05) is 56.2 Å². The molecule has 12 heteroatoms. The molecule has 0 bridgehead atoms. The second kappa shape index (κ2) is 13.6. The molecule has 0 unspecified atom stereocenters. The Morgan fingerprint density at radius 1 is 0.957 bits per heavy atom. The van der Waals surface area contributed by atoms with E-state index in [1.54, 1.807) is 39.0 Å². The van der Waals surface area contributed by atoms with Gasteiger partial charge in [-0.25, -0.2) is 4.79 Å². The fourth-order valence-electron chi connectivity index (χ4n) is 5.74. The monoisotopic (exact) mass is 644 g/mol. The largest absolute Gasteiger partial charge is 0.442 e. The van der Waals surface area contributed by atoms with Gasteiger partial charge in [-0.05, 0) is 82.6 Å². The van der Waals surface area contributed by atoms with Crippen LogP contribution < -0.4 is 15.5 Å². The van der Waals surface area contributed by atoms with E-state index in [0.717, 1.165) is 55.0 Å². The fourth-order valence-corrected chi connectivity index (χ4v) is 6.72. The van der Waals surface area contributed by atoms with E-state index in [-0.39, 0.29) is 23.7 Å². The number of benzene rings is 2. The number of rotatable bonds is 8. The maximum Gasteiger partial charge on any atom is 0.435 e. The highest BCUT2D eigenvalue weighted by atomic mass is 32.1. The Kier molecular flexibility index (Phi) is 9.39. The van der Waals surface area contributed by atoms with Crippen molar-refractivity contribution in [3.05, 3.63) is 76.7 Å². The average Bonchev–Trinajstić information content (AvgIpc) is 3.79. The number of carbonyl (C=O) groups excluding carboxylic acids is 3. The van der Waals surface area contributed by atoms with Crippen molar-refractivity contribution in [2.45, 2.75) is 45.3 Å². The Bertz CT molecular complexity index is 1680. The number of ether oxygens (including phenoxy) is 2. The topological polar surface area (TPSA) is 118 Å². The predicted octanol–water partition coefficient (Wildman–Crippen LogP) is 5.54. The van der Waals surface area contributed by atoms with Crippen LogP contribution in [0.4, 0.5) is 16.3 Å². The zero-order valence-electron chi connectivity index (χ0n) is 26.5. The van der Waals surface area contributed by atoms with E-state index < -0.39 is 11.7 Å². The maximum atomic E-state index is 13.7. The van der Waals surface area contributed by atoms with Crippen LogP contribution in [0, 0.1) is 0 Å². The van der Waals surface area contributed by atoms with Gasteiger partial charge >= 0.3 is 6.09 Å². The predicted molar refractivity (Wildman–Crippen MR) is 179 cm³/mol. The minimum absolute atomic E-state index is 0.184. The van der Waals surface area contributed by atoms with Crippen LogP contribution in [-0.2, 0) is 9.47 Å². The van der Waals surface area contributed by atoms with Gasteiger partial charge in [0.15, 0.2) is 5.82 Å². The molecule has 2 saturated heterocycles. The standard InChI is InChI=1S/C34H40N6O5S/c1-34(2,3)45-33(43)40-27-21-28(32(42)35-26(22-38-15-7-8-16-38)23-9-5-4-6-10-23)46-29(27)30(37-40)36-31(41)24-11-13-25(14-12-24)39-17-19-44-20-18-39/h4-6,9-14,21,26H,7-8,15-20,22H2,1-3H3,(H,35,42)(H,36,37,41)/t26-/m1/s1. The Balaban J connectivity index is 1.26. The smallest absolute Gasteiger partial charge is 0.435 e. The van der Waals surface area contributed by atoms with Crippen molar-refractivity contribution in [1.29, 1.82) is 0 Å². The molecule has 6 rings (SSSR count). The zero-order chi connectivity index (χ0) is 32.3. The lowest BCUT2D eigenvalue weighted by Crippen LogP contribution is -2.36. The van der Waals surface area contributed by atoms with Gasteiger partial charge in [-0.2, -0.15) is 4.68 Å². The van der Waals surface area contributed by atoms with Crippen molar-refractivity contribution >= 4 is 51.0 Å². The summed E-state index contributed by atoms with van der Waals surface area (Å²) in [6, 6.07) is 18.7. The second-order valence-corrected chi connectivity index (χ2v) is 13.7. The lowest BCUT2D eigenvalue weighted by molar-refractivity contribution is 0.0522. The molecule has 4 aromatic rings. The summed E-state index contributed by atoms with van der Waals surface area (Å²) in [5.74, 6) is -0.455. The Hall–Kier alpha value is -4.26. The second-order valence-electron chi connectivity index (χ2n) is 12.6. The van der Waals surface area contributed by atoms with Crippen LogP contribution in [0.2, 0.25) is 0 Å². The van der Waals surface area contributed by atoms with Crippen molar-refractivity contribution in [1.82, 2.24) is 20.0 Å². The Morgan fingerprint density at radius 2 is 1.65 bits per heavy atom. The van der Waals surface area contributed by atoms with E-state index in [4.69, 9.17) is 9.47 Å². The van der Waals surface area contributed by atoms with Crippen LogP contribution in [0.25, 0.3) is 10.2 Å². The van der Waals surface area contributed by atoms with Gasteiger partial charge in [0.1, 0.15) is 5.60 Å². The number of amides is 2. The van der Waals surface area contributed by atoms with Crippen LogP contribution in [0.3, 0.4) is 0 Å². The van der Waals surface area contributed by atoms with Gasteiger partial charge in [-0.3, -0.25) is 9.59 Å². The van der Waals surface area contributed by atoms with Gasteiger partial charge in [-0.15, -0.1) is 16.4 Å². The molecule has 2 aromatic heterocycles. The van der Waals surface area contributed by atoms with Crippen LogP contribution >= 0.6 is 11.3 Å². The first-order valence-corrected chi connectivity index (χ1v) is 16.5. The summed E-state index contributed by atoms with van der Waals surface area (Å²) in [6.07, 6.45) is 1.60. The third kappa shape index (κ3) is 7.41. The summed E-state index contributed by atoms with van der Waals surface area (Å²) in [7, 11) is 0. The van der Waals surface area contributed by atoms with Crippen LogP contribution in [0.15, 0.2) is 60.7 Å². The first kappa shape index (κ1) is 31.7. The SMILES string of the molecule is CC(C)(C)OC(=O)n1nc(NC(=O)c2ccc(N3CCOCC3)cc2)c2sc(C(=O)N[C@H](CN3CCCC3)c3ccccc3)cc21. The van der Waals surface area contributed by atoms with E-state index in [0.29, 0.717) is 40.4 Å². The average molecular weight is 645 g/mol. The van der Waals surface area contributed by atoms with Crippen molar-refractivity contribution in [3.8, 4) is 0 Å². The number of likely N-dealkylation sites (tertiary alicyclic amines) is 1. The number of hydrogen-bond acceptors (Lipinski definition) is 9. The third-order valence-electron chi connectivity index (χ3n) is 8.03. The van der Waals surface area contributed by atoms with Crippen molar-refractivity contribution in [2.24, 2.45) is 0 Å². The normalized spacial score (nSPS) is 16.4. The lowest BCUT2D eigenvalue weighted by Gasteiger charge is -2.28. The van der Waals surface area contributed by atoms with E-state index >= 15 is 0 Å². The summed E-state index contributed by atoms with van der Waals surface area (Å²) >= 11 is 1.18. The molecule has 2 aliphatic heterocycles. The van der Waals surface area contributed by atoms with Crippen LogP contribution in [0.1, 0.15) is 65.2 Å². The summed E-state index contributed by atoms with van der Waals surface area (Å²) in [5, 5.41) is 10.5. The number of nitrogens with one attached hydrogen (secondary N) is 2. The number of morpholine rings is 1. The van der Waals surface area contributed by atoms with Crippen LogP contribution in [-0.4, -0.2) is 84.1 Å². The van der Waals surface area contributed by atoms with Gasteiger partial charge < -0.3 is 29.9 Å². The number of thiophene rings is 1. The van der Waals surface area contributed by atoms with Crippen molar-refractivity contribution < 1.29 is 23.9 Å². The summed E-state index contributed by atoms with van der Waals surface area (Å²) in [6.45, 7) is 11.0. The van der Waals surface area contributed by atoms with E-state index in [1.807, 2.05) is 42.5 Å². The maximum absolute atomic E-state index is 13.7. The number of nitrogens with zero attached hydrogens (tertiary/aromatic N) is 4. The highest BCUT2D eigenvalue weighted by molar-refractivity contribution is 7.21. The first-order chi connectivity index (χ1) is 22.1. The number of fused-ring (bicyclic) bond motifs is 1. The summed E-state index contributed by atoms with van der Waals surface area (Å²) in [4.78, 5) is 45.3. The fraction of sp³-hybridized carbons (Fsp3) is 0.412. The molecule has 1 atom stereocenters. The third-order valence-corrected chi connectivity index (χ3v) is 9.16. The summed E-state index contributed by atoms with van der Waals surface area (Å²) < 4.78 is 12.7. The van der Waals surface area contributed by atoms with Crippen molar-refractivity contribution in [3.63, 3.8) is 0 Å². The molecule has 0 aliphatic carbocycles. The molecule has 2 amide bonds. The molecule has 0 saturated carbocycles. The highest BCUT2D eigenvalue weighted by Gasteiger charge is 2.28. The molecular weight excluding hydrogens is 604 g/mol. The van der Waals surface area contributed by atoms with Gasteiger partial charge in [0.05, 0.1) is 34.3 Å².